The van der Waals surface area contributed by atoms with Gasteiger partial charge in [0.05, 0.1) is 11.6 Å². The Bertz CT molecular complexity index is 1450. The van der Waals surface area contributed by atoms with Crippen LogP contribution in [0.3, 0.4) is 0 Å². The number of ketones is 1. The van der Waals surface area contributed by atoms with Crippen LogP contribution >= 0.6 is 0 Å². The number of pyridine rings is 1. The number of aryl methyl sites for hydroxylation is 1. The molecule has 6 nitrogen and oxygen atoms in total. The molecule has 6 heteroatoms. The first-order valence-electron chi connectivity index (χ1n) is 12.0. The van der Waals surface area contributed by atoms with Crippen LogP contribution in [-0.4, -0.2) is 26.7 Å². The average Bonchev–Trinajstić information content (AvgIpc) is 3.18. The summed E-state index contributed by atoms with van der Waals surface area (Å²) in [5.74, 6) is -0.934. The number of amides is 1. The molecule has 5 rings (SSSR count). The monoisotopic (exact) mass is 490 g/mol. The molecule has 1 aliphatic heterocycles. The Morgan fingerprint density at radius 1 is 0.892 bits per heavy atom. The minimum absolute atomic E-state index is 0.0682. The number of Topliss-reactive ketones (excluding diaryl/α,β-unsaturated/α-hetero) is 1. The highest BCUT2D eigenvalue weighted by atomic mass is 16.5. The van der Waals surface area contributed by atoms with Crippen molar-refractivity contribution in [3.05, 3.63) is 137 Å². The van der Waals surface area contributed by atoms with Gasteiger partial charge < -0.3 is 14.7 Å². The Kier molecular flexibility index (Phi) is 6.81. The summed E-state index contributed by atoms with van der Waals surface area (Å²) in [6.45, 7) is 2.67. The molecule has 1 fully saturated rings. The molecule has 4 aromatic rings. The average molecular weight is 491 g/mol. The van der Waals surface area contributed by atoms with E-state index < -0.39 is 17.7 Å². The van der Waals surface area contributed by atoms with Gasteiger partial charge in [0.15, 0.2) is 0 Å². The largest absolute Gasteiger partial charge is 0.507 e. The summed E-state index contributed by atoms with van der Waals surface area (Å²) in [7, 11) is 0. The number of carbonyl (C=O) groups excluding carboxylic acids is 2. The van der Waals surface area contributed by atoms with Crippen molar-refractivity contribution in [3.63, 3.8) is 0 Å². The molecule has 0 saturated carbocycles. The molecule has 1 N–H and O–H groups in total. The zero-order chi connectivity index (χ0) is 25.8. The van der Waals surface area contributed by atoms with E-state index in [1.807, 2.05) is 55.5 Å². The second-order valence-electron chi connectivity index (χ2n) is 9.00. The number of hydrogen-bond donors (Lipinski definition) is 1. The van der Waals surface area contributed by atoms with Crippen molar-refractivity contribution < 1.29 is 19.4 Å². The molecule has 0 radical (unpaired) electrons. The molecule has 1 aliphatic rings. The number of aromatic nitrogens is 1. The first kappa shape index (κ1) is 24.0. The Morgan fingerprint density at radius 3 is 2.32 bits per heavy atom. The van der Waals surface area contributed by atoms with Crippen molar-refractivity contribution in [1.29, 1.82) is 0 Å². The third-order valence-electron chi connectivity index (χ3n) is 6.37. The smallest absolute Gasteiger partial charge is 0.295 e. The van der Waals surface area contributed by atoms with Gasteiger partial charge in [-0.1, -0.05) is 60.2 Å². The molecule has 37 heavy (non-hydrogen) atoms. The van der Waals surface area contributed by atoms with Gasteiger partial charge in [-0.2, -0.15) is 0 Å². The maximum Gasteiger partial charge on any atom is 0.295 e. The minimum Gasteiger partial charge on any atom is -0.507 e. The lowest BCUT2D eigenvalue weighted by Crippen LogP contribution is -2.29. The van der Waals surface area contributed by atoms with Gasteiger partial charge in [0.25, 0.3) is 11.7 Å². The summed E-state index contributed by atoms with van der Waals surface area (Å²) in [4.78, 5) is 31.9. The van der Waals surface area contributed by atoms with Crippen molar-refractivity contribution >= 4 is 17.4 Å². The van der Waals surface area contributed by atoms with Crippen molar-refractivity contribution in [2.75, 3.05) is 0 Å². The van der Waals surface area contributed by atoms with Crippen LogP contribution in [0.15, 0.2) is 109 Å². The van der Waals surface area contributed by atoms with Gasteiger partial charge >= 0.3 is 0 Å². The van der Waals surface area contributed by atoms with Gasteiger partial charge in [-0.05, 0) is 60.0 Å². The van der Waals surface area contributed by atoms with E-state index in [0.717, 1.165) is 22.3 Å². The van der Waals surface area contributed by atoms with Crippen LogP contribution in [0.1, 0.15) is 33.9 Å². The van der Waals surface area contributed by atoms with Crippen LogP contribution in [0.5, 0.6) is 5.75 Å². The number of likely N-dealkylation sites (tertiary alicyclic amines) is 1. The molecule has 1 aromatic heterocycles. The molecule has 0 unspecified atom stereocenters. The highest BCUT2D eigenvalue weighted by Crippen LogP contribution is 2.40. The van der Waals surface area contributed by atoms with E-state index in [4.69, 9.17) is 4.74 Å². The van der Waals surface area contributed by atoms with Crippen LogP contribution < -0.4 is 4.74 Å². The fraction of sp³-hybridized carbons (Fsp3) is 0.129. The molecule has 184 valence electrons. The maximum atomic E-state index is 13.2. The van der Waals surface area contributed by atoms with E-state index in [2.05, 4.69) is 11.1 Å². The van der Waals surface area contributed by atoms with Gasteiger partial charge in [-0.3, -0.25) is 14.6 Å². The summed E-state index contributed by atoms with van der Waals surface area (Å²) in [5, 5.41) is 11.3. The van der Waals surface area contributed by atoms with Crippen LogP contribution in [0.4, 0.5) is 0 Å². The number of rotatable bonds is 7. The number of hydrogen-bond acceptors (Lipinski definition) is 5. The van der Waals surface area contributed by atoms with Crippen molar-refractivity contribution in [1.82, 2.24) is 9.88 Å². The van der Waals surface area contributed by atoms with Crippen LogP contribution in [0.2, 0.25) is 0 Å². The van der Waals surface area contributed by atoms with E-state index in [1.54, 1.807) is 48.8 Å². The zero-order valence-electron chi connectivity index (χ0n) is 20.4. The molecular formula is C31H26N2O4. The van der Waals surface area contributed by atoms with Gasteiger partial charge in [0.1, 0.15) is 18.1 Å². The Balaban J connectivity index is 1.45. The normalized spacial score (nSPS) is 16.7. The Morgan fingerprint density at radius 2 is 1.62 bits per heavy atom. The predicted octanol–water partition coefficient (Wildman–Crippen LogP) is 5.59. The number of ether oxygens (including phenoxy) is 1. The zero-order valence-corrected chi connectivity index (χ0v) is 20.4. The van der Waals surface area contributed by atoms with E-state index >= 15 is 0 Å². The van der Waals surface area contributed by atoms with E-state index in [-0.39, 0.29) is 17.9 Å². The second kappa shape index (κ2) is 10.5. The van der Waals surface area contributed by atoms with E-state index in [1.165, 1.54) is 4.90 Å². The SMILES string of the molecule is Cc1cccc(COc2ccc(/C(O)=C3\C(=O)C(=O)N(Cc4ccncc4)[C@@H]3c3ccccc3)cc2)c1. The second-order valence-corrected chi connectivity index (χ2v) is 9.00. The number of aliphatic hydroxyl groups is 1. The molecule has 1 saturated heterocycles. The Labute approximate surface area is 215 Å². The minimum atomic E-state index is -0.716. The summed E-state index contributed by atoms with van der Waals surface area (Å²) < 4.78 is 5.89. The van der Waals surface area contributed by atoms with E-state index in [9.17, 15) is 14.7 Å². The maximum absolute atomic E-state index is 13.2. The third kappa shape index (κ3) is 5.14. The standard InChI is InChI=1S/C31H26N2O4/c1-21-6-5-7-23(18-21)20-37-26-12-10-25(11-13-26)29(34)27-28(24-8-3-2-4-9-24)33(31(36)30(27)35)19-22-14-16-32-17-15-22/h2-18,28,34H,19-20H2,1H3/b29-27+/t28-/m1/s1. The molecular weight excluding hydrogens is 464 g/mol. The number of benzene rings is 3. The lowest BCUT2D eigenvalue weighted by molar-refractivity contribution is -0.140. The van der Waals surface area contributed by atoms with Gasteiger partial charge in [0, 0.05) is 24.5 Å². The molecule has 2 heterocycles. The summed E-state index contributed by atoms with van der Waals surface area (Å²) in [6.07, 6.45) is 3.29. The highest BCUT2D eigenvalue weighted by molar-refractivity contribution is 6.46. The van der Waals surface area contributed by atoms with Crippen LogP contribution in [-0.2, 0) is 22.7 Å². The van der Waals surface area contributed by atoms with Gasteiger partial charge in [-0.25, -0.2) is 0 Å². The summed E-state index contributed by atoms with van der Waals surface area (Å²) in [6, 6.07) is 27.1. The van der Waals surface area contributed by atoms with Crippen LogP contribution in [0.25, 0.3) is 5.76 Å². The van der Waals surface area contributed by atoms with Crippen molar-refractivity contribution in [2.24, 2.45) is 0 Å². The third-order valence-corrected chi connectivity index (χ3v) is 6.37. The first-order valence-corrected chi connectivity index (χ1v) is 12.0. The number of nitrogens with zero attached hydrogens (tertiary/aromatic N) is 2. The van der Waals surface area contributed by atoms with Crippen molar-refractivity contribution in [3.8, 4) is 5.75 Å². The summed E-state index contributed by atoms with van der Waals surface area (Å²) >= 11 is 0. The molecule has 0 aliphatic carbocycles. The highest BCUT2D eigenvalue weighted by Gasteiger charge is 2.46. The number of carbonyl (C=O) groups is 2. The van der Waals surface area contributed by atoms with Crippen LogP contribution in [0, 0.1) is 6.92 Å². The first-order chi connectivity index (χ1) is 18.0. The molecule has 3 aromatic carbocycles. The molecule has 1 atom stereocenters. The fourth-order valence-corrected chi connectivity index (χ4v) is 4.54. The molecule has 0 spiro atoms. The Hall–Kier alpha value is -4.71. The molecule has 1 amide bonds. The predicted molar refractivity (Wildman–Crippen MR) is 140 cm³/mol. The lowest BCUT2D eigenvalue weighted by atomic mass is 9.95. The number of aliphatic hydroxyl groups excluding tert-OH is 1. The lowest BCUT2D eigenvalue weighted by Gasteiger charge is -2.25. The topological polar surface area (TPSA) is 79.7 Å². The van der Waals surface area contributed by atoms with Gasteiger partial charge in [0.2, 0.25) is 0 Å². The van der Waals surface area contributed by atoms with E-state index in [0.29, 0.717) is 17.9 Å². The molecule has 0 bridgehead atoms. The quantitative estimate of drug-likeness (QED) is 0.208. The summed E-state index contributed by atoms with van der Waals surface area (Å²) in [5.41, 5.74) is 4.31. The van der Waals surface area contributed by atoms with Crippen molar-refractivity contribution in [2.45, 2.75) is 26.1 Å². The fourth-order valence-electron chi connectivity index (χ4n) is 4.54. The van der Waals surface area contributed by atoms with Gasteiger partial charge in [-0.15, -0.1) is 0 Å².